The summed E-state index contributed by atoms with van der Waals surface area (Å²) in [5, 5.41) is 5.75. The lowest BCUT2D eigenvalue weighted by atomic mass is 9.99. The first-order valence-electron chi connectivity index (χ1n) is 10.7. The average molecular weight is 428 g/mol. The summed E-state index contributed by atoms with van der Waals surface area (Å²) in [7, 11) is 0. The highest BCUT2D eigenvalue weighted by Crippen LogP contribution is 2.22. The van der Waals surface area contributed by atoms with Gasteiger partial charge in [0.05, 0.1) is 6.54 Å². The Hall–Kier alpha value is -2.45. The van der Waals surface area contributed by atoms with E-state index in [1.165, 1.54) is 11.3 Å². The molecule has 4 rings (SSSR count). The van der Waals surface area contributed by atoms with Crippen LogP contribution in [0, 0.1) is 5.92 Å². The number of hydrogen-bond acceptors (Lipinski definition) is 6. The number of hydrogen-bond donors (Lipinski definition) is 1. The first-order valence-corrected chi connectivity index (χ1v) is 11.5. The number of nitrogens with one attached hydrogen (secondary N) is 1. The Balaban J connectivity index is 1.25. The monoisotopic (exact) mass is 427 g/mol. The lowest BCUT2D eigenvalue weighted by molar-refractivity contribution is -0.134. The van der Waals surface area contributed by atoms with Crippen LogP contribution < -0.4 is 5.32 Å². The van der Waals surface area contributed by atoms with Gasteiger partial charge in [0.2, 0.25) is 5.91 Å². The van der Waals surface area contributed by atoms with Gasteiger partial charge in [0, 0.05) is 50.3 Å². The molecule has 1 N–H and O–H groups in total. The highest BCUT2D eigenvalue weighted by molar-refractivity contribution is 7.14. The van der Waals surface area contributed by atoms with Gasteiger partial charge in [-0.15, -0.1) is 11.3 Å². The Morgan fingerprint density at radius 1 is 1.03 bits per heavy atom. The van der Waals surface area contributed by atoms with Crippen molar-refractivity contribution >= 4 is 34.0 Å². The van der Waals surface area contributed by atoms with Crippen molar-refractivity contribution in [2.75, 3.05) is 51.1 Å². The van der Waals surface area contributed by atoms with Crippen LogP contribution in [0.2, 0.25) is 0 Å². The summed E-state index contributed by atoms with van der Waals surface area (Å²) >= 11 is 1.43. The standard InChI is InChI=1S/C22H29N5O2S/c1-17-7-9-26(10-8-17)20(28)15-25-11-13-27(14-12-25)21(29)19-16-30-22(24-19)23-18-5-3-2-4-6-18/h2-6,16-17H,7-15H2,1H3,(H,23,24). The number of piperidine rings is 1. The lowest BCUT2D eigenvalue weighted by Gasteiger charge is -2.36. The van der Waals surface area contributed by atoms with Crippen LogP contribution in [0.5, 0.6) is 0 Å². The van der Waals surface area contributed by atoms with E-state index in [9.17, 15) is 9.59 Å². The molecule has 30 heavy (non-hydrogen) atoms. The van der Waals surface area contributed by atoms with Crippen LogP contribution in [-0.4, -0.2) is 77.3 Å². The molecule has 0 bridgehead atoms. The van der Waals surface area contributed by atoms with Crippen LogP contribution in [0.25, 0.3) is 0 Å². The van der Waals surface area contributed by atoms with Crippen LogP contribution in [-0.2, 0) is 4.79 Å². The minimum absolute atomic E-state index is 0.0386. The maximum atomic E-state index is 12.8. The van der Waals surface area contributed by atoms with Gasteiger partial charge in [-0.05, 0) is 30.9 Å². The number of likely N-dealkylation sites (tertiary alicyclic amines) is 1. The molecule has 0 aliphatic carbocycles. The molecule has 0 atom stereocenters. The second-order valence-corrected chi connectivity index (χ2v) is 9.02. The van der Waals surface area contributed by atoms with E-state index in [-0.39, 0.29) is 11.8 Å². The predicted molar refractivity (Wildman–Crippen MR) is 119 cm³/mol. The molecule has 0 saturated carbocycles. The lowest BCUT2D eigenvalue weighted by Crippen LogP contribution is -2.52. The second-order valence-electron chi connectivity index (χ2n) is 8.16. The van der Waals surface area contributed by atoms with E-state index in [0.717, 1.165) is 50.6 Å². The van der Waals surface area contributed by atoms with E-state index in [1.807, 2.05) is 40.1 Å². The molecule has 3 heterocycles. The Morgan fingerprint density at radius 2 is 1.73 bits per heavy atom. The van der Waals surface area contributed by atoms with Crippen LogP contribution in [0.3, 0.4) is 0 Å². The zero-order valence-corrected chi connectivity index (χ0v) is 18.2. The van der Waals surface area contributed by atoms with Crippen molar-refractivity contribution in [1.82, 2.24) is 19.7 Å². The van der Waals surface area contributed by atoms with Crippen molar-refractivity contribution in [3.8, 4) is 0 Å². The number of para-hydroxylation sites is 1. The molecule has 0 unspecified atom stereocenters. The molecule has 2 aromatic rings. The summed E-state index contributed by atoms with van der Waals surface area (Å²) in [5.41, 5.74) is 1.43. The number of benzene rings is 1. The predicted octanol–water partition coefficient (Wildman–Crippen LogP) is 2.90. The highest BCUT2D eigenvalue weighted by atomic mass is 32.1. The molecule has 1 aromatic carbocycles. The fourth-order valence-corrected chi connectivity index (χ4v) is 4.60. The number of anilines is 2. The van der Waals surface area contributed by atoms with Gasteiger partial charge >= 0.3 is 0 Å². The molecule has 2 fully saturated rings. The van der Waals surface area contributed by atoms with E-state index in [4.69, 9.17) is 0 Å². The van der Waals surface area contributed by atoms with Crippen LogP contribution in [0.15, 0.2) is 35.7 Å². The summed E-state index contributed by atoms with van der Waals surface area (Å²) in [6.45, 7) is 7.16. The van der Waals surface area contributed by atoms with Gasteiger partial charge in [-0.3, -0.25) is 14.5 Å². The third-order valence-electron chi connectivity index (χ3n) is 5.90. The van der Waals surface area contributed by atoms with Gasteiger partial charge in [-0.1, -0.05) is 25.1 Å². The molecule has 1 aromatic heterocycles. The van der Waals surface area contributed by atoms with Crippen molar-refractivity contribution in [2.45, 2.75) is 19.8 Å². The number of aromatic nitrogens is 1. The van der Waals surface area contributed by atoms with E-state index in [2.05, 4.69) is 22.1 Å². The summed E-state index contributed by atoms with van der Waals surface area (Å²) in [5.74, 6) is 0.902. The van der Waals surface area contributed by atoms with Crippen LogP contribution in [0.4, 0.5) is 10.8 Å². The molecule has 160 valence electrons. The smallest absolute Gasteiger partial charge is 0.273 e. The fraction of sp³-hybridized carbons (Fsp3) is 0.500. The second kappa shape index (κ2) is 9.57. The van der Waals surface area contributed by atoms with Gasteiger partial charge in [-0.25, -0.2) is 4.98 Å². The number of piperazine rings is 1. The molecular formula is C22H29N5O2S. The van der Waals surface area contributed by atoms with Crippen molar-refractivity contribution in [2.24, 2.45) is 5.92 Å². The normalized spacial score (nSPS) is 18.4. The van der Waals surface area contributed by atoms with E-state index >= 15 is 0 Å². The van der Waals surface area contributed by atoms with E-state index in [0.29, 0.717) is 30.5 Å². The topological polar surface area (TPSA) is 68.8 Å². The zero-order valence-electron chi connectivity index (χ0n) is 17.4. The van der Waals surface area contributed by atoms with Crippen LogP contribution in [0.1, 0.15) is 30.3 Å². The Kier molecular flexibility index (Phi) is 6.64. The number of carbonyl (C=O) groups is 2. The Morgan fingerprint density at radius 3 is 2.43 bits per heavy atom. The molecule has 0 spiro atoms. The minimum atomic E-state index is -0.0386. The summed E-state index contributed by atoms with van der Waals surface area (Å²) in [6, 6.07) is 9.81. The van der Waals surface area contributed by atoms with E-state index in [1.54, 1.807) is 5.38 Å². The van der Waals surface area contributed by atoms with Crippen LogP contribution >= 0.6 is 11.3 Å². The van der Waals surface area contributed by atoms with Gasteiger partial charge in [0.15, 0.2) is 5.13 Å². The largest absolute Gasteiger partial charge is 0.342 e. The molecule has 7 nitrogen and oxygen atoms in total. The van der Waals surface area contributed by atoms with Gasteiger partial charge in [0.1, 0.15) is 5.69 Å². The number of carbonyl (C=O) groups excluding carboxylic acids is 2. The Bertz CT molecular complexity index is 855. The molecule has 0 radical (unpaired) electrons. The SMILES string of the molecule is CC1CCN(C(=O)CN2CCN(C(=O)c3csc(Nc4ccccc4)n3)CC2)CC1. The summed E-state index contributed by atoms with van der Waals surface area (Å²) < 4.78 is 0. The van der Waals surface area contributed by atoms with Crippen molar-refractivity contribution in [3.63, 3.8) is 0 Å². The first-order chi connectivity index (χ1) is 14.6. The molecular weight excluding hydrogens is 398 g/mol. The minimum Gasteiger partial charge on any atom is -0.342 e. The Labute approximate surface area is 181 Å². The molecule has 2 saturated heterocycles. The fourth-order valence-electron chi connectivity index (χ4n) is 3.89. The molecule has 2 amide bonds. The summed E-state index contributed by atoms with van der Waals surface area (Å²) in [6.07, 6.45) is 2.20. The van der Waals surface area contributed by atoms with Gasteiger partial charge in [-0.2, -0.15) is 0 Å². The maximum absolute atomic E-state index is 12.8. The first kappa shape index (κ1) is 20.8. The molecule has 2 aliphatic rings. The average Bonchev–Trinajstić information content (AvgIpc) is 3.23. The van der Waals surface area contributed by atoms with Gasteiger partial charge < -0.3 is 15.1 Å². The third-order valence-corrected chi connectivity index (χ3v) is 6.66. The van der Waals surface area contributed by atoms with Crippen molar-refractivity contribution in [3.05, 3.63) is 41.4 Å². The summed E-state index contributed by atoms with van der Waals surface area (Å²) in [4.78, 5) is 35.8. The zero-order chi connectivity index (χ0) is 20.9. The molecule has 2 aliphatic heterocycles. The van der Waals surface area contributed by atoms with Crippen molar-refractivity contribution < 1.29 is 9.59 Å². The number of nitrogens with zero attached hydrogens (tertiary/aromatic N) is 4. The van der Waals surface area contributed by atoms with Crippen molar-refractivity contribution in [1.29, 1.82) is 0 Å². The maximum Gasteiger partial charge on any atom is 0.273 e. The highest BCUT2D eigenvalue weighted by Gasteiger charge is 2.27. The number of rotatable bonds is 5. The van der Waals surface area contributed by atoms with E-state index < -0.39 is 0 Å². The quantitative estimate of drug-likeness (QED) is 0.795. The number of amides is 2. The van der Waals surface area contributed by atoms with Gasteiger partial charge in [0.25, 0.3) is 5.91 Å². The third kappa shape index (κ3) is 5.17. The molecule has 8 heteroatoms. The number of thiazole rings is 1.